The van der Waals surface area contributed by atoms with Crippen LogP contribution < -0.4 is 20.9 Å². The first-order chi connectivity index (χ1) is 17.7. The van der Waals surface area contributed by atoms with Crippen molar-refractivity contribution in [3.63, 3.8) is 0 Å². The summed E-state index contributed by atoms with van der Waals surface area (Å²) in [6.45, 7) is -0.845. The topological polar surface area (TPSA) is 118 Å². The second-order valence-corrected chi connectivity index (χ2v) is 9.32. The first-order valence-corrected chi connectivity index (χ1v) is 11.6. The van der Waals surface area contributed by atoms with E-state index in [0.717, 1.165) is 0 Å². The maximum absolute atomic E-state index is 14.7. The van der Waals surface area contributed by atoms with E-state index in [1.807, 2.05) is 0 Å². The number of aliphatic carboxylic acids is 1. The van der Waals surface area contributed by atoms with Gasteiger partial charge < -0.3 is 25.0 Å². The van der Waals surface area contributed by atoms with E-state index in [1.165, 1.54) is 10.8 Å². The fourth-order valence-corrected chi connectivity index (χ4v) is 4.13. The third kappa shape index (κ3) is 5.70. The molecule has 3 heterocycles. The first kappa shape index (κ1) is 27.6. The van der Waals surface area contributed by atoms with Gasteiger partial charge in [-0.25, -0.2) is 18.6 Å². The quantitative estimate of drug-likeness (QED) is 0.284. The number of carboxylic acid groups (broad SMARTS) is 1. The van der Waals surface area contributed by atoms with Crippen molar-refractivity contribution in [3.8, 4) is 5.75 Å². The lowest BCUT2D eigenvalue weighted by molar-refractivity contribution is -0.192. The minimum atomic E-state index is -5.08. The van der Waals surface area contributed by atoms with Crippen molar-refractivity contribution < 1.29 is 36.6 Å². The normalized spacial score (nSPS) is 18.3. The maximum Gasteiger partial charge on any atom is 0.490 e. The summed E-state index contributed by atoms with van der Waals surface area (Å²) < 4.78 is 67.9. The number of halogens is 7. The standard InChI is InChI=1S/C20H17Cl2F2N5O2.C2HF3O2/c1-29-13-5-4-10(26-17-12(21)7-25-19(22)28-17)6-11(13)14-15(18(29)30)31-8-20(23,24)16(27-14)9-2-3-9;3-2(4,5)1(6)7/h4-7,9,16,27H,2-3,8H2,1H3,(H,25,26,28);(H,6,7)/t16-;/m0./s1. The summed E-state index contributed by atoms with van der Waals surface area (Å²) in [4.78, 5) is 29.6. The van der Waals surface area contributed by atoms with Crippen LogP contribution in [-0.2, 0) is 11.8 Å². The average Bonchev–Trinajstić information content (AvgIpc) is 3.67. The molecule has 204 valence electrons. The number of rotatable bonds is 3. The number of nitrogens with one attached hydrogen (secondary N) is 2. The summed E-state index contributed by atoms with van der Waals surface area (Å²) in [7, 11) is 1.57. The van der Waals surface area contributed by atoms with Gasteiger partial charge in [0.1, 0.15) is 5.02 Å². The number of pyridine rings is 1. The van der Waals surface area contributed by atoms with Gasteiger partial charge in [0.25, 0.3) is 5.56 Å². The van der Waals surface area contributed by atoms with Crippen LogP contribution in [0, 0.1) is 5.92 Å². The molecular formula is C22H18Cl2F5N5O4. The number of benzene rings is 1. The van der Waals surface area contributed by atoms with E-state index >= 15 is 0 Å². The van der Waals surface area contributed by atoms with Gasteiger partial charge in [-0.2, -0.15) is 18.2 Å². The molecule has 2 aliphatic rings. The summed E-state index contributed by atoms with van der Waals surface area (Å²) in [5.74, 6) is -5.83. The molecule has 3 N–H and O–H groups in total. The van der Waals surface area contributed by atoms with Crippen molar-refractivity contribution in [2.45, 2.75) is 31.0 Å². The molecule has 0 amide bonds. The minimum absolute atomic E-state index is 0.0218. The number of carboxylic acids is 1. The summed E-state index contributed by atoms with van der Waals surface area (Å²) in [5.41, 5.74) is 0.930. The van der Waals surface area contributed by atoms with Crippen LogP contribution in [0.3, 0.4) is 0 Å². The van der Waals surface area contributed by atoms with E-state index < -0.39 is 36.3 Å². The Bertz CT molecular complexity index is 1460. The Morgan fingerprint density at radius 2 is 1.95 bits per heavy atom. The lowest BCUT2D eigenvalue weighted by atomic mass is 10.0. The fraction of sp³-hybridized carbons (Fsp3) is 0.364. The highest BCUT2D eigenvalue weighted by Crippen LogP contribution is 2.45. The third-order valence-electron chi connectivity index (χ3n) is 5.83. The zero-order valence-electron chi connectivity index (χ0n) is 19.2. The molecule has 5 rings (SSSR count). The van der Waals surface area contributed by atoms with Crippen molar-refractivity contribution in [1.82, 2.24) is 14.5 Å². The molecule has 1 aromatic carbocycles. The van der Waals surface area contributed by atoms with Crippen LogP contribution in [0.1, 0.15) is 12.8 Å². The number of fused-ring (bicyclic) bond motifs is 3. The number of hydrogen-bond acceptors (Lipinski definition) is 7. The summed E-state index contributed by atoms with van der Waals surface area (Å²) in [5, 5.41) is 14.0. The second kappa shape index (κ2) is 10.1. The van der Waals surface area contributed by atoms with Crippen LogP contribution in [0.5, 0.6) is 5.75 Å². The number of aromatic nitrogens is 3. The zero-order chi connectivity index (χ0) is 28.0. The predicted molar refractivity (Wildman–Crippen MR) is 129 cm³/mol. The molecule has 0 bridgehead atoms. The van der Waals surface area contributed by atoms with Gasteiger partial charge >= 0.3 is 18.1 Å². The first-order valence-electron chi connectivity index (χ1n) is 10.9. The minimum Gasteiger partial charge on any atom is -0.480 e. The summed E-state index contributed by atoms with van der Waals surface area (Å²) in [6.07, 6.45) is -2.29. The molecule has 1 saturated carbocycles. The van der Waals surface area contributed by atoms with Crippen molar-refractivity contribution in [3.05, 3.63) is 45.1 Å². The van der Waals surface area contributed by atoms with Gasteiger partial charge in [-0.05, 0) is 48.6 Å². The van der Waals surface area contributed by atoms with Crippen LogP contribution in [0.25, 0.3) is 10.9 Å². The van der Waals surface area contributed by atoms with Crippen LogP contribution >= 0.6 is 23.2 Å². The Morgan fingerprint density at radius 3 is 2.55 bits per heavy atom. The van der Waals surface area contributed by atoms with E-state index in [1.54, 1.807) is 25.2 Å². The van der Waals surface area contributed by atoms with Crippen molar-refractivity contribution >= 4 is 57.3 Å². The van der Waals surface area contributed by atoms with Gasteiger partial charge in [0, 0.05) is 18.1 Å². The number of alkyl halides is 5. The molecule has 1 aliphatic heterocycles. The van der Waals surface area contributed by atoms with Crippen molar-refractivity contribution in [2.24, 2.45) is 13.0 Å². The van der Waals surface area contributed by atoms with Gasteiger partial charge in [-0.15, -0.1) is 0 Å². The van der Waals surface area contributed by atoms with Crippen molar-refractivity contribution in [1.29, 1.82) is 0 Å². The zero-order valence-corrected chi connectivity index (χ0v) is 20.8. The number of hydrogen-bond donors (Lipinski definition) is 3. The fourth-order valence-electron chi connectivity index (χ4n) is 3.86. The number of ether oxygens (including phenoxy) is 1. The van der Waals surface area contributed by atoms with E-state index in [2.05, 4.69) is 20.6 Å². The van der Waals surface area contributed by atoms with Gasteiger partial charge in [-0.3, -0.25) is 4.79 Å². The monoisotopic (exact) mass is 581 g/mol. The van der Waals surface area contributed by atoms with Crippen LogP contribution in [0.4, 0.5) is 39.1 Å². The van der Waals surface area contributed by atoms with Crippen LogP contribution in [-0.4, -0.2) is 50.4 Å². The van der Waals surface area contributed by atoms with Gasteiger partial charge in [-0.1, -0.05) is 11.6 Å². The van der Waals surface area contributed by atoms with Crippen LogP contribution in [0.15, 0.2) is 29.2 Å². The highest BCUT2D eigenvalue weighted by molar-refractivity contribution is 6.33. The number of nitrogens with zero attached hydrogens (tertiary/aromatic N) is 3. The molecule has 2 aromatic heterocycles. The molecular weight excluding hydrogens is 564 g/mol. The molecule has 1 aliphatic carbocycles. The van der Waals surface area contributed by atoms with E-state index in [-0.39, 0.29) is 27.7 Å². The molecule has 9 nitrogen and oxygen atoms in total. The number of aryl methyl sites for hydroxylation is 1. The molecule has 0 spiro atoms. The van der Waals surface area contributed by atoms with Gasteiger partial charge in [0.15, 0.2) is 12.4 Å². The van der Waals surface area contributed by atoms with Crippen molar-refractivity contribution in [2.75, 3.05) is 17.2 Å². The molecule has 38 heavy (non-hydrogen) atoms. The van der Waals surface area contributed by atoms with Gasteiger partial charge in [0.05, 0.1) is 23.4 Å². The summed E-state index contributed by atoms with van der Waals surface area (Å²) in [6, 6.07) is 4.07. The van der Waals surface area contributed by atoms with E-state index in [4.69, 9.17) is 37.8 Å². The predicted octanol–water partition coefficient (Wildman–Crippen LogP) is 5.23. The highest BCUT2D eigenvalue weighted by atomic mass is 35.5. The molecule has 0 saturated heterocycles. The molecule has 3 aromatic rings. The molecule has 0 radical (unpaired) electrons. The van der Waals surface area contributed by atoms with E-state index in [9.17, 15) is 26.7 Å². The Kier molecular flexibility index (Phi) is 7.32. The Balaban J connectivity index is 0.000000426. The largest absolute Gasteiger partial charge is 0.490 e. The Labute approximate surface area is 220 Å². The molecule has 1 fully saturated rings. The lowest BCUT2D eigenvalue weighted by Crippen LogP contribution is -2.44. The van der Waals surface area contributed by atoms with Gasteiger partial charge in [0.2, 0.25) is 11.0 Å². The SMILES string of the molecule is Cn1c(=O)c2c(c3cc(Nc4nc(Cl)ncc4Cl)ccc31)N[C@@H](C1CC1)C(F)(F)CO2.O=C(O)C(F)(F)F. The average molecular weight is 582 g/mol. The smallest absolute Gasteiger partial charge is 0.480 e. The Hall–Kier alpha value is -3.39. The molecule has 1 atom stereocenters. The highest BCUT2D eigenvalue weighted by Gasteiger charge is 2.51. The molecule has 0 unspecified atom stereocenters. The maximum atomic E-state index is 14.7. The van der Waals surface area contributed by atoms with E-state index in [0.29, 0.717) is 35.2 Å². The second-order valence-electron chi connectivity index (χ2n) is 8.57. The third-order valence-corrected chi connectivity index (χ3v) is 6.29. The molecule has 16 heteroatoms. The lowest BCUT2D eigenvalue weighted by Gasteiger charge is -2.25. The number of carbonyl (C=O) groups is 1. The number of anilines is 3. The summed E-state index contributed by atoms with van der Waals surface area (Å²) >= 11 is 12.0. The Morgan fingerprint density at radius 1 is 1.29 bits per heavy atom. The van der Waals surface area contributed by atoms with Crippen LogP contribution in [0.2, 0.25) is 10.3 Å².